The van der Waals surface area contributed by atoms with Crippen LogP contribution in [0.25, 0.3) is 5.69 Å². The summed E-state index contributed by atoms with van der Waals surface area (Å²) in [6.45, 7) is 0. The minimum Gasteiger partial charge on any atom is -0.299 e. The molecule has 0 unspecified atom stereocenters. The lowest BCUT2D eigenvalue weighted by molar-refractivity contribution is 0.574. The summed E-state index contributed by atoms with van der Waals surface area (Å²) < 4.78 is 28.1. The van der Waals surface area contributed by atoms with Crippen LogP contribution in [0, 0.1) is 16.4 Å². The second kappa shape index (κ2) is 4.50. The number of hydrogen-bond donors (Lipinski definition) is 1. The summed E-state index contributed by atoms with van der Waals surface area (Å²) in [4.78, 5) is 13.3. The zero-order valence-electron chi connectivity index (χ0n) is 8.21. The van der Waals surface area contributed by atoms with Gasteiger partial charge in [0.25, 0.3) is 5.56 Å². The van der Waals surface area contributed by atoms with E-state index in [-0.39, 0.29) is 20.5 Å². The summed E-state index contributed by atoms with van der Waals surface area (Å²) in [5.74, 6) is -1.48. The first-order chi connectivity index (χ1) is 7.99. The lowest BCUT2D eigenvalue weighted by atomic mass is 10.3. The van der Waals surface area contributed by atoms with Gasteiger partial charge < -0.3 is 0 Å². The maximum absolute atomic E-state index is 13.6. The summed E-state index contributed by atoms with van der Waals surface area (Å²) >= 11 is 7.95. The van der Waals surface area contributed by atoms with Gasteiger partial charge in [0.1, 0.15) is 5.82 Å². The average Bonchev–Trinajstić information content (AvgIpc) is 2.19. The second-order valence-electron chi connectivity index (χ2n) is 3.20. The van der Waals surface area contributed by atoms with Gasteiger partial charge >= 0.3 is 0 Å². The van der Waals surface area contributed by atoms with Crippen LogP contribution in [-0.4, -0.2) is 9.55 Å². The summed E-state index contributed by atoms with van der Waals surface area (Å²) in [6.07, 6.45) is 1.32. The maximum atomic E-state index is 13.6. The van der Waals surface area contributed by atoms with E-state index in [2.05, 4.69) is 20.9 Å². The Labute approximate surface area is 108 Å². The highest BCUT2D eigenvalue weighted by Gasteiger charge is 2.11. The third-order valence-corrected chi connectivity index (χ3v) is 2.95. The molecule has 0 aliphatic heterocycles. The van der Waals surface area contributed by atoms with Crippen molar-refractivity contribution in [2.45, 2.75) is 0 Å². The zero-order chi connectivity index (χ0) is 12.6. The van der Waals surface area contributed by atoms with Crippen LogP contribution in [0.5, 0.6) is 0 Å². The van der Waals surface area contributed by atoms with Crippen LogP contribution >= 0.6 is 28.1 Å². The lowest BCUT2D eigenvalue weighted by Crippen LogP contribution is -2.11. The molecule has 0 bridgehead atoms. The molecule has 0 spiro atoms. The predicted molar refractivity (Wildman–Crippen MR) is 64.8 cm³/mol. The summed E-state index contributed by atoms with van der Waals surface area (Å²) in [6, 6.07) is 3.06. The Morgan fingerprint density at radius 1 is 1.35 bits per heavy atom. The van der Waals surface area contributed by atoms with Gasteiger partial charge in [0.15, 0.2) is 10.6 Å². The minimum absolute atomic E-state index is 0.0312. The standard InChI is InChI=1S/C10H5BrF2N2OS/c11-6-3-5(12)4-7(13)9(6)15-2-1-8(16)14-10(15)17/h1-4H,(H,14,16,17). The first-order valence-electron chi connectivity index (χ1n) is 4.46. The highest BCUT2D eigenvalue weighted by Crippen LogP contribution is 2.25. The normalized spacial score (nSPS) is 10.5. The smallest absolute Gasteiger partial charge is 0.251 e. The van der Waals surface area contributed by atoms with Gasteiger partial charge in [-0.05, 0) is 34.2 Å². The number of nitrogens with one attached hydrogen (secondary N) is 1. The van der Waals surface area contributed by atoms with Gasteiger partial charge in [0, 0.05) is 22.8 Å². The molecule has 0 saturated carbocycles. The molecule has 1 N–H and O–H groups in total. The topological polar surface area (TPSA) is 37.8 Å². The number of aromatic nitrogens is 2. The number of nitrogens with zero attached hydrogens (tertiary/aromatic N) is 1. The first kappa shape index (κ1) is 12.1. The Hall–Kier alpha value is -1.34. The Balaban J connectivity index is 2.77. The molecule has 0 aliphatic carbocycles. The van der Waals surface area contributed by atoms with Crippen molar-refractivity contribution in [2.24, 2.45) is 0 Å². The van der Waals surface area contributed by atoms with Crippen molar-refractivity contribution >= 4 is 28.1 Å². The van der Waals surface area contributed by atoms with Gasteiger partial charge in [0.2, 0.25) is 0 Å². The van der Waals surface area contributed by atoms with Crippen molar-refractivity contribution < 1.29 is 8.78 Å². The molecule has 0 radical (unpaired) electrons. The molecule has 7 heteroatoms. The Bertz CT molecular complexity index is 672. The molecule has 88 valence electrons. The van der Waals surface area contributed by atoms with Crippen molar-refractivity contribution in [1.29, 1.82) is 0 Å². The van der Waals surface area contributed by atoms with Crippen LogP contribution in [0.4, 0.5) is 8.78 Å². The van der Waals surface area contributed by atoms with Gasteiger partial charge in [-0.1, -0.05) is 0 Å². The Kier molecular flexibility index (Phi) is 3.21. The van der Waals surface area contributed by atoms with Crippen LogP contribution in [-0.2, 0) is 0 Å². The van der Waals surface area contributed by atoms with Crippen molar-refractivity contribution in [3.8, 4) is 5.69 Å². The van der Waals surface area contributed by atoms with Gasteiger partial charge in [0.05, 0.1) is 5.69 Å². The predicted octanol–water partition coefficient (Wildman–Crippen LogP) is 2.94. The molecule has 17 heavy (non-hydrogen) atoms. The largest absolute Gasteiger partial charge is 0.299 e. The van der Waals surface area contributed by atoms with Crippen LogP contribution in [0.3, 0.4) is 0 Å². The molecule has 1 heterocycles. The number of benzene rings is 1. The second-order valence-corrected chi connectivity index (χ2v) is 4.44. The van der Waals surface area contributed by atoms with Gasteiger partial charge in [-0.25, -0.2) is 8.78 Å². The van der Waals surface area contributed by atoms with Gasteiger partial charge in [-0.15, -0.1) is 0 Å². The molecule has 2 aromatic rings. The molecule has 0 atom stereocenters. The van der Waals surface area contributed by atoms with Crippen molar-refractivity contribution in [3.63, 3.8) is 0 Å². The molecular weight excluding hydrogens is 314 g/mol. The number of hydrogen-bond acceptors (Lipinski definition) is 2. The van der Waals surface area contributed by atoms with Crippen LogP contribution < -0.4 is 5.56 Å². The van der Waals surface area contributed by atoms with Crippen LogP contribution in [0.1, 0.15) is 0 Å². The fourth-order valence-electron chi connectivity index (χ4n) is 1.36. The van der Waals surface area contributed by atoms with E-state index >= 15 is 0 Å². The van der Waals surface area contributed by atoms with E-state index in [0.717, 1.165) is 12.1 Å². The molecule has 0 saturated heterocycles. The molecule has 1 aromatic carbocycles. The zero-order valence-corrected chi connectivity index (χ0v) is 10.6. The van der Waals surface area contributed by atoms with E-state index in [1.807, 2.05) is 0 Å². The number of halogens is 3. The minimum atomic E-state index is -0.778. The maximum Gasteiger partial charge on any atom is 0.251 e. The number of H-pyrrole nitrogens is 1. The number of aromatic amines is 1. The lowest BCUT2D eigenvalue weighted by Gasteiger charge is -2.09. The van der Waals surface area contributed by atoms with Gasteiger partial charge in [-0.3, -0.25) is 14.3 Å². The van der Waals surface area contributed by atoms with Crippen molar-refractivity contribution in [1.82, 2.24) is 9.55 Å². The highest BCUT2D eigenvalue weighted by atomic mass is 79.9. The van der Waals surface area contributed by atoms with E-state index in [0.29, 0.717) is 0 Å². The quantitative estimate of drug-likeness (QED) is 0.821. The van der Waals surface area contributed by atoms with E-state index in [1.165, 1.54) is 16.8 Å². The van der Waals surface area contributed by atoms with Crippen LogP contribution in [0.15, 0.2) is 33.7 Å². The SMILES string of the molecule is O=c1ccn(-c2c(F)cc(F)cc2Br)c(=S)[nH]1. The first-order valence-corrected chi connectivity index (χ1v) is 5.66. The van der Waals surface area contributed by atoms with Gasteiger partial charge in [-0.2, -0.15) is 0 Å². The van der Waals surface area contributed by atoms with E-state index < -0.39 is 11.6 Å². The molecule has 1 aromatic heterocycles. The van der Waals surface area contributed by atoms with Crippen molar-refractivity contribution in [3.05, 3.63) is 55.6 Å². The fraction of sp³-hybridized carbons (Fsp3) is 0. The molecule has 0 amide bonds. The van der Waals surface area contributed by atoms with Crippen molar-refractivity contribution in [2.75, 3.05) is 0 Å². The number of rotatable bonds is 1. The molecular formula is C10H5BrF2N2OS. The summed E-state index contributed by atoms with van der Waals surface area (Å²) in [7, 11) is 0. The summed E-state index contributed by atoms with van der Waals surface area (Å²) in [5.41, 5.74) is -0.336. The third-order valence-electron chi connectivity index (χ3n) is 2.05. The third kappa shape index (κ3) is 2.34. The molecule has 0 fully saturated rings. The van der Waals surface area contributed by atoms with E-state index in [9.17, 15) is 13.6 Å². The molecule has 0 aliphatic rings. The Morgan fingerprint density at radius 3 is 2.65 bits per heavy atom. The van der Waals surface area contributed by atoms with E-state index in [1.54, 1.807) is 0 Å². The summed E-state index contributed by atoms with van der Waals surface area (Å²) in [5, 5.41) is 0. The fourth-order valence-corrected chi connectivity index (χ4v) is 2.21. The highest BCUT2D eigenvalue weighted by molar-refractivity contribution is 9.10. The Morgan fingerprint density at radius 2 is 2.06 bits per heavy atom. The van der Waals surface area contributed by atoms with E-state index in [4.69, 9.17) is 12.2 Å². The monoisotopic (exact) mass is 318 g/mol. The average molecular weight is 319 g/mol. The molecule has 2 rings (SSSR count). The molecule has 3 nitrogen and oxygen atoms in total. The van der Waals surface area contributed by atoms with Crippen LogP contribution in [0.2, 0.25) is 0 Å².